The van der Waals surface area contributed by atoms with Crippen molar-refractivity contribution in [3.8, 4) is 0 Å². The highest BCUT2D eigenvalue weighted by Gasteiger charge is 2.00. The SMILES string of the molecule is CC(=CSc1ccccc1)C(=S)Nc1ccccc1. The van der Waals surface area contributed by atoms with Crippen LogP contribution in [0.5, 0.6) is 0 Å². The van der Waals surface area contributed by atoms with E-state index in [4.69, 9.17) is 12.2 Å². The standard InChI is InChI=1S/C16H15NS2/c1-13(12-19-15-10-6-3-7-11-15)16(18)17-14-8-4-2-5-9-14/h2-12H,1H3,(H,17,18). The summed E-state index contributed by atoms with van der Waals surface area (Å²) in [7, 11) is 0. The summed E-state index contributed by atoms with van der Waals surface area (Å²) in [4.78, 5) is 1.97. The quantitative estimate of drug-likeness (QED) is 0.475. The highest BCUT2D eigenvalue weighted by atomic mass is 32.2. The highest BCUT2D eigenvalue weighted by molar-refractivity contribution is 8.02. The van der Waals surface area contributed by atoms with Crippen molar-refractivity contribution in [3.05, 3.63) is 71.6 Å². The summed E-state index contributed by atoms with van der Waals surface area (Å²) in [5, 5.41) is 5.30. The molecule has 0 spiro atoms. The van der Waals surface area contributed by atoms with Crippen molar-refractivity contribution in [2.45, 2.75) is 11.8 Å². The van der Waals surface area contributed by atoms with Gasteiger partial charge in [-0.15, -0.1) is 0 Å². The third kappa shape index (κ3) is 4.54. The zero-order chi connectivity index (χ0) is 13.5. The number of nitrogens with one attached hydrogen (secondary N) is 1. The lowest BCUT2D eigenvalue weighted by molar-refractivity contribution is 1.47. The van der Waals surface area contributed by atoms with Crippen molar-refractivity contribution >= 4 is 34.7 Å². The van der Waals surface area contributed by atoms with Gasteiger partial charge in [0.1, 0.15) is 4.99 Å². The van der Waals surface area contributed by atoms with Gasteiger partial charge in [0.15, 0.2) is 0 Å². The normalized spacial score (nSPS) is 11.1. The third-order valence-corrected chi connectivity index (χ3v) is 3.94. The Bertz CT molecular complexity index is 562. The van der Waals surface area contributed by atoms with E-state index >= 15 is 0 Å². The van der Waals surface area contributed by atoms with Crippen LogP contribution in [0.3, 0.4) is 0 Å². The average molecular weight is 285 g/mol. The molecule has 3 heteroatoms. The molecule has 0 heterocycles. The van der Waals surface area contributed by atoms with E-state index in [0.717, 1.165) is 16.2 Å². The summed E-state index contributed by atoms with van der Waals surface area (Å²) in [6.07, 6.45) is 0. The maximum atomic E-state index is 5.38. The molecule has 96 valence electrons. The number of hydrogen-bond donors (Lipinski definition) is 1. The first-order valence-corrected chi connectivity index (χ1v) is 7.29. The molecule has 0 bridgehead atoms. The molecule has 2 aromatic carbocycles. The van der Waals surface area contributed by atoms with Crippen molar-refractivity contribution in [1.29, 1.82) is 0 Å². The Labute approximate surface area is 123 Å². The van der Waals surface area contributed by atoms with Crippen LogP contribution in [0.25, 0.3) is 0 Å². The van der Waals surface area contributed by atoms with E-state index in [9.17, 15) is 0 Å². The van der Waals surface area contributed by atoms with Crippen LogP contribution in [0.1, 0.15) is 6.92 Å². The molecule has 0 amide bonds. The van der Waals surface area contributed by atoms with Crippen molar-refractivity contribution in [2.75, 3.05) is 5.32 Å². The van der Waals surface area contributed by atoms with Crippen LogP contribution in [0.4, 0.5) is 5.69 Å². The minimum absolute atomic E-state index is 0.759. The fourth-order valence-electron chi connectivity index (χ4n) is 1.46. The summed E-state index contributed by atoms with van der Waals surface area (Å²) in [5.41, 5.74) is 2.08. The van der Waals surface area contributed by atoms with Crippen molar-refractivity contribution in [2.24, 2.45) is 0 Å². The predicted octanol–water partition coefficient (Wildman–Crippen LogP) is 5.12. The lowest BCUT2D eigenvalue weighted by Crippen LogP contribution is -2.09. The maximum absolute atomic E-state index is 5.38. The second-order valence-electron chi connectivity index (χ2n) is 4.05. The number of hydrogen-bond acceptors (Lipinski definition) is 2. The van der Waals surface area contributed by atoms with Crippen molar-refractivity contribution in [1.82, 2.24) is 0 Å². The molecule has 0 aliphatic carbocycles. The van der Waals surface area contributed by atoms with Gasteiger partial charge in [-0.1, -0.05) is 60.4 Å². The minimum Gasteiger partial charge on any atom is -0.346 e. The largest absolute Gasteiger partial charge is 0.346 e. The van der Waals surface area contributed by atoms with Crippen LogP contribution < -0.4 is 5.32 Å². The molecule has 1 nitrogen and oxygen atoms in total. The van der Waals surface area contributed by atoms with E-state index < -0.39 is 0 Å². The predicted molar refractivity (Wildman–Crippen MR) is 88.7 cm³/mol. The molecule has 2 rings (SSSR count). The summed E-state index contributed by atoms with van der Waals surface area (Å²) < 4.78 is 0. The number of benzene rings is 2. The molecule has 0 radical (unpaired) electrons. The lowest BCUT2D eigenvalue weighted by Gasteiger charge is -2.08. The molecular weight excluding hydrogens is 270 g/mol. The Morgan fingerprint density at radius 3 is 2.21 bits per heavy atom. The first-order chi connectivity index (χ1) is 9.25. The molecular formula is C16H15NS2. The van der Waals surface area contributed by atoms with Gasteiger partial charge in [-0.3, -0.25) is 0 Å². The van der Waals surface area contributed by atoms with Gasteiger partial charge in [0.2, 0.25) is 0 Å². The van der Waals surface area contributed by atoms with Crippen LogP contribution in [0, 0.1) is 0 Å². The monoisotopic (exact) mass is 285 g/mol. The van der Waals surface area contributed by atoms with Crippen LogP contribution in [0.2, 0.25) is 0 Å². The zero-order valence-electron chi connectivity index (χ0n) is 10.7. The number of thioether (sulfide) groups is 1. The fraction of sp³-hybridized carbons (Fsp3) is 0.0625. The minimum atomic E-state index is 0.759. The molecule has 0 unspecified atom stereocenters. The second-order valence-corrected chi connectivity index (χ2v) is 5.40. The van der Waals surface area contributed by atoms with Gasteiger partial charge < -0.3 is 5.32 Å². The highest BCUT2D eigenvalue weighted by Crippen LogP contribution is 2.20. The summed E-state index contributed by atoms with van der Waals surface area (Å²) in [5.74, 6) is 0. The van der Waals surface area contributed by atoms with Gasteiger partial charge in [0, 0.05) is 10.6 Å². The molecule has 0 aliphatic rings. The van der Waals surface area contributed by atoms with Gasteiger partial charge >= 0.3 is 0 Å². The van der Waals surface area contributed by atoms with E-state index in [-0.39, 0.29) is 0 Å². The first-order valence-electron chi connectivity index (χ1n) is 6.00. The van der Waals surface area contributed by atoms with Crippen molar-refractivity contribution < 1.29 is 0 Å². The third-order valence-electron chi connectivity index (χ3n) is 2.50. The van der Waals surface area contributed by atoms with Gasteiger partial charge in [0.25, 0.3) is 0 Å². The van der Waals surface area contributed by atoms with E-state index in [1.54, 1.807) is 11.8 Å². The fourth-order valence-corrected chi connectivity index (χ4v) is 2.46. The van der Waals surface area contributed by atoms with E-state index in [2.05, 4.69) is 22.9 Å². The van der Waals surface area contributed by atoms with Crippen LogP contribution in [-0.2, 0) is 0 Å². The Balaban J connectivity index is 1.95. The van der Waals surface area contributed by atoms with E-state index in [1.165, 1.54) is 4.90 Å². The molecule has 0 saturated carbocycles. The number of para-hydroxylation sites is 1. The van der Waals surface area contributed by atoms with Gasteiger partial charge in [-0.25, -0.2) is 0 Å². The summed E-state index contributed by atoms with van der Waals surface area (Å²) >= 11 is 7.06. The molecule has 0 aromatic heterocycles. The number of anilines is 1. The molecule has 1 N–H and O–H groups in total. The molecule has 2 aromatic rings. The van der Waals surface area contributed by atoms with E-state index in [0.29, 0.717) is 0 Å². The zero-order valence-corrected chi connectivity index (χ0v) is 12.3. The molecule has 0 aliphatic heterocycles. The first kappa shape index (κ1) is 13.8. The molecule has 19 heavy (non-hydrogen) atoms. The Morgan fingerprint density at radius 1 is 1.00 bits per heavy atom. The smallest absolute Gasteiger partial charge is 0.107 e. The van der Waals surface area contributed by atoms with E-state index in [1.807, 2.05) is 55.5 Å². The second kappa shape index (κ2) is 7.12. The topological polar surface area (TPSA) is 12.0 Å². The van der Waals surface area contributed by atoms with Crippen LogP contribution in [0.15, 0.2) is 76.5 Å². The van der Waals surface area contributed by atoms with Crippen molar-refractivity contribution in [3.63, 3.8) is 0 Å². The Kier molecular flexibility index (Phi) is 5.19. The van der Waals surface area contributed by atoms with Gasteiger partial charge in [-0.2, -0.15) is 0 Å². The lowest BCUT2D eigenvalue weighted by atomic mass is 10.3. The number of rotatable bonds is 4. The molecule has 0 fully saturated rings. The number of thiocarbonyl (C=S) groups is 1. The molecule has 0 saturated heterocycles. The average Bonchev–Trinajstić information content (AvgIpc) is 2.47. The molecule has 0 atom stereocenters. The Hall–Kier alpha value is -1.58. The summed E-state index contributed by atoms with van der Waals surface area (Å²) in [6.45, 7) is 2.02. The van der Waals surface area contributed by atoms with Gasteiger partial charge in [0.05, 0.1) is 0 Å². The summed E-state index contributed by atoms with van der Waals surface area (Å²) in [6, 6.07) is 20.2. The van der Waals surface area contributed by atoms with Gasteiger partial charge in [-0.05, 0) is 42.2 Å². The van der Waals surface area contributed by atoms with Crippen LogP contribution >= 0.6 is 24.0 Å². The van der Waals surface area contributed by atoms with Crippen LogP contribution in [-0.4, -0.2) is 4.99 Å². The maximum Gasteiger partial charge on any atom is 0.107 e. The Morgan fingerprint density at radius 2 is 1.58 bits per heavy atom.